The monoisotopic (exact) mass is 377 g/mol. The van der Waals surface area contributed by atoms with Gasteiger partial charge in [0, 0.05) is 33.5 Å². The molecule has 0 rings (SSSR count). The van der Waals surface area contributed by atoms with Crippen LogP contribution in [-0.2, 0) is 4.74 Å². The summed E-state index contributed by atoms with van der Waals surface area (Å²) in [7, 11) is 5.83. The molecule has 0 N–H and O–H groups in total. The summed E-state index contributed by atoms with van der Waals surface area (Å²) in [6.07, 6.45) is -0.495. The largest absolute Gasteiger partial charge is 0.448 e. The Hall–Kier alpha value is 0.270. The van der Waals surface area contributed by atoms with Gasteiger partial charge < -0.3 is 4.74 Å². The molecular formula is C12H21F2NO2S4. The van der Waals surface area contributed by atoms with Gasteiger partial charge in [0.1, 0.15) is 0 Å². The van der Waals surface area contributed by atoms with Crippen LogP contribution in [0.2, 0.25) is 0 Å². The Bertz CT molecular complexity index is 320. The Morgan fingerprint density at radius 3 is 2.14 bits per heavy atom. The summed E-state index contributed by atoms with van der Waals surface area (Å²) in [6.45, 7) is 5.70. The Morgan fingerprint density at radius 2 is 1.67 bits per heavy atom. The van der Waals surface area contributed by atoms with Gasteiger partial charge in [-0.3, -0.25) is 0 Å². The molecule has 0 aliphatic carbocycles. The molecule has 0 aliphatic heterocycles. The highest BCUT2D eigenvalue weighted by molar-refractivity contribution is 8.83. The van der Waals surface area contributed by atoms with E-state index < -0.39 is 12.2 Å². The van der Waals surface area contributed by atoms with Crippen molar-refractivity contribution in [1.29, 1.82) is 0 Å². The summed E-state index contributed by atoms with van der Waals surface area (Å²) in [4.78, 5) is 11.9. The first-order chi connectivity index (χ1) is 10.0. The van der Waals surface area contributed by atoms with Crippen LogP contribution in [0.15, 0.2) is 11.7 Å². The summed E-state index contributed by atoms with van der Waals surface area (Å²) >= 11 is 0. The standard InChI is InChI=1S/C12H21F2NO2S4/c1-4-18-20-15(21-19-5-2)12(16)17-9-7-6-8-10(3)11(13)14/h4-9H2,1-3H3. The first-order valence-corrected chi connectivity index (χ1v) is 11.1. The molecule has 0 spiro atoms. The lowest BCUT2D eigenvalue weighted by molar-refractivity contribution is 0.140. The number of carbonyl (C=O) groups excluding carboxylic acids is 1. The van der Waals surface area contributed by atoms with Crippen molar-refractivity contribution < 1.29 is 18.3 Å². The van der Waals surface area contributed by atoms with Crippen LogP contribution in [-0.4, -0.2) is 27.9 Å². The molecule has 0 aromatic rings. The third kappa shape index (κ3) is 11.5. The lowest BCUT2D eigenvalue weighted by atomic mass is 10.1. The highest BCUT2D eigenvalue weighted by Crippen LogP contribution is 2.38. The fourth-order valence-electron chi connectivity index (χ4n) is 1.07. The lowest BCUT2D eigenvalue weighted by Crippen LogP contribution is -2.17. The Morgan fingerprint density at radius 1 is 1.10 bits per heavy atom. The Labute approximate surface area is 141 Å². The summed E-state index contributed by atoms with van der Waals surface area (Å²) in [5.41, 5.74) is 0.104. The molecule has 0 saturated carbocycles. The maximum Gasteiger partial charge on any atom is 0.431 e. The number of halogens is 2. The minimum absolute atomic E-state index is 0.104. The number of ether oxygens (including phenoxy) is 1. The molecule has 0 unspecified atom stereocenters. The molecule has 0 fully saturated rings. The smallest absolute Gasteiger partial charge is 0.431 e. The highest BCUT2D eigenvalue weighted by atomic mass is 33.1. The van der Waals surface area contributed by atoms with Gasteiger partial charge in [-0.1, -0.05) is 35.4 Å². The number of rotatable bonds is 11. The molecule has 0 bridgehead atoms. The molecule has 1 amide bonds. The minimum Gasteiger partial charge on any atom is -0.448 e. The van der Waals surface area contributed by atoms with Gasteiger partial charge in [0.2, 0.25) is 0 Å². The first-order valence-electron chi connectivity index (χ1n) is 6.59. The Balaban J connectivity index is 3.93. The average Bonchev–Trinajstić information content (AvgIpc) is 2.46. The van der Waals surface area contributed by atoms with Crippen molar-refractivity contribution in [2.45, 2.75) is 40.0 Å². The number of nitrogens with zero attached hydrogens (tertiary/aromatic N) is 1. The van der Waals surface area contributed by atoms with Gasteiger partial charge in [-0.05, 0) is 31.8 Å². The zero-order chi connectivity index (χ0) is 16.1. The second-order valence-corrected chi connectivity index (χ2v) is 9.03. The molecular weight excluding hydrogens is 356 g/mol. The van der Waals surface area contributed by atoms with Gasteiger partial charge in [0.15, 0.2) is 0 Å². The molecule has 0 heterocycles. The number of allylic oxidation sites excluding steroid dienone is 1. The topological polar surface area (TPSA) is 29.5 Å². The third-order valence-corrected chi connectivity index (χ3v) is 7.33. The van der Waals surface area contributed by atoms with Crippen LogP contribution in [0.3, 0.4) is 0 Å². The van der Waals surface area contributed by atoms with Crippen molar-refractivity contribution in [2.75, 3.05) is 18.1 Å². The van der Waals surface area contributed by atoms with E-state index in [-0.39, 0.29) is 12.2 Å². The summed E-state index contributed by atoms with van der Waals surface area (Å²) in [6, 6.07) is 0. The average molecular weight is 378 g/mol. The van der Waals surface area contributed by atoms with E-state index in [2.05, 4.69) is 0 Å². The minimum atomic E-state index is -1.61. The zero-order valence-electron chi connectivity index (χ0n) is 12.4. The fraction of sp³-hybridized carbons (Fsp3) is 0.750. The van der Waals surface area contributed by atoms with E-state index in [1.807, 2.05) is 13.8 Å². The molecule has 21 heavy (non-hydrogen) atoms. The number of unbranched alkanes of at least 4 members (excludes halogenated alkanes) is 1. The number of amides is 1. The van der Waals surface area contributed by atoms with Gasteiger partial charge in [0.25, 0.3) is 6.08 Å². The number of hydrogen-bond acceptors (Lipinski definition) is 6. The summed E-state index contributed by atoms with van der Waals surface area (Å²) in [5.74, 6) is 1.79. The molecule has 0 saturated heterocycles. The van der Waals surface area contributed by atoms with Crippen LogP contribution in [0.25, 0.3) is 0 Å². The SMILES string of the molecule is CCSSN(SSCC)C(=O)OCCCCC(C)=C(F)F. The molecule has 0 radical (unpaired) electrons. The summed E-state index contributed by atoms with van der Waals surface area (Å²) < 4.78 is 31.0. The van der Waals surface area contributed by atoms with Gasteiger partial charge in [0.05, 0.1) is 6.61 Å². The molecule has 124 valence electrons. The molecule has 0 aromatic carbocycles. The predicted octanol–water partition coefficient (Wildman–Crippen LogP) is 6.40. The predicted molar refractivity (Wildman–Crippen MR) is 93.4 cm³/mol. The molecule has 0 aliphatic rings. The zero-order valence-corrected chi connectivity index (χ0v) is 15.7. The van der Waals surface area contributed by atoms with E-state index in [0.717, 1.165) is 11.5 Å². The molecule has 3 nitrogen and oxygen atoms in total. The van der Waals surface area contributed by atoms with Crippen LogP contribution in [0, 0.1) is 0 Å². The summed E-state index contributed by atoms with van der Waals surface area (Å²) in [5, 5.41) is 0. The van der Waals surface area contributed by atoms with E-state index in [9.17, 15) is 13.6 Å². The van der Waals surface area contributed by atoms with Crippen molar-refractivity contribution in [3.8, 4) is 0 Å². The van der Waals surface area contributed by atoms with Crippen LogP contribution in [0.1, 0.15) is 40.0 Å². The van der Waals surface area contributed by atoms with E-state index >= 15 is 0 Å². The van der Waals surface area contributed by atoms with Crippen molar-refractivity contribution in [3.63, 3.8) is 0 Å². The Kier molecular flexibility index (Phi) is 14.1. The van der Waals surface area contributed by atoms with Gasteiger partial charge in [-0.25, -0.2) is 4.79 Å². The first kappa shape index (κ1) is 21.3. The number of hydrogen-bond donors (Lipinski definition) is 0. The maximum absolute atomic E-state index is 12.2. The van der Waals surface area contributed by atoms with E-state index in [0.29, 0.717) is 19.3 Å². The van der Waals surface area contributed by atoms with Crippen molar-refractivity contribution in [3.05, 3.63) is 11.7 Å². The van der Waals surface area contributed by atoms with Crippen molar-refractivity contribution in [1.82, 2.24) is 3.71 Å². The lowest BCUT2D eigenvalue weighted by Gasteiger charge is -2.17. The molecule has 0 aromatic heterocycles. The van der Waals surface area contributed by atoms with Crippen molar-refractivity contribution in [2.24, 2.45) is 0 Å². The van der Waals surface area contributed by atoms with E-state index in [1.54, 1.807) is 21.6 Å². The van der Waals surface area contributed by atoms with Crippen LogP contribution in [0.5, 0.6) is 0 Å². The normalized spacial score (nSPS) is 10.3. The van der Waals surface area contributed by atoms with Gasteiger partial charge in [-0.2, -0.15) is 12.5 Å². The van der Waals surface area contributed by atoms with Crippen LogP contribution in [0.4, 0.5) is 13.6 Å². The van der Waals surface area contributed by atoms with E-state index in [4.69, 9.17) is 4.74 Å². The van der Waals surface area contributed by atoms with Crippen LogP contribution < -0.4 is 0 Å². The fourth-order valence-corrected chi connectivity index (χ4v) is 5.04. The highest BCUT2D eigenvalue weighted by Gasteiger charge is 2.17. The van der Waals surface area contributed by atoms with Crippen LogP contribution >= 0.6 is 43.5 Å². The quantitative estimate of drug-likeness (QED) is 0.235. The second-order valence-electron chi connectivity index (χ2n) is 3.83. The van der Waals surface area contributed by atoms with E-state index in [1.165, 1.54) is 32.6 Å². The van der Waals surface area contributed by atoms with Gasteiger partial charge >= 0.3 is 6.09 Å². The molecule has 9 heteroatoms. The van der Waals surface area contributed by atoms with Crippen molar-refractivity contribution >= 4 is 49.6 Å². The second kappa shape index (κ2) is 13.9. The molecule has 0 atom stereocenters. The number of carbonyl (C=O) groups is 1. The third-order valence-electron chi connectivity index (χ3n) is 2.12. The maximum atomic E-state index is 12.2. The van der Waals surface area contributed by atoms with Gasteiger partial charge in [-0.15, -0.1) is 0 Å².